The molecule has 0 bridgehead atoms. The molecule has 1 aromatic carbocycles. The first kappa shape index (κ1) is 14.0. The number of nitrogens with zero attached hydrogens (tertiary/aromatic N) is 1. The van der Waals surface area contributed by atoms with Crippen LogP contribution in [0, 0.1) is 0 Å². The van der Waals surface area contributed by atoms with E-state index in [0.29, 0.717) is 23.3 Å². The van der Waals surface area contributed by atoms with Crippen molar-refractivity contribution in [1.82, 2.24) is 10.4 Å². The first-order valence-corrected chi connectivity index (χ1v) is 5.29. The lowest BCUT2D eigenvalue weighted by atomic mass is 10.2. The molecule has 0 aliphatic rings. The minimum atomic E-state index is -0.276. The Morgan fingerprint density at radius 1 is 1.39 bits per heavy atom. The number of aldehydes is 1. The van der Waals surface area contributed by atoms with E-state index in [-0.39, 0.29) is 12.5 Å². The smallest absolute Gasteiger partial charge is 0.272 e. The van der Waals surface area contributed by atoms with Crippen LogP contribution in [0.4, 0.5) is 0 Å². The summed E-state index contributed by atoms with van der Waals surface area (Å²) in [5.74, 6) is 0.552. The molecule has 0 saturated heterocycles. The van der Waals surface area contributed by atoms with E-state index < -0.39 is 0 Å². The lowest BCUT2D eigenvalue weighted by molar-refractivity contribution is -0.126. The molecule has 1 rings (SSSR count). The zero-order valence-electron chi connectivity index (χ0n) is 10.6. The Balaban J connectivity index is 2.67. The zero-order valence-corrected chi connectivity index (χ0v) is 10.6. The number of methoxy groups -OCH3 is 1. The minimum absolute atomic E-state index is 0.130. The highest BCUT2D eigenvalue weighted by Gasteiger charge is 2.08. The number of amides is 1. The number of hydrazine groups is 1. The molecule has 1 aromatic rings. The molecule has 18 heavy (non-hydrogen) atoms. The first-order valence-electron chi connectivity index (χ1n) is 5.29. The van der Waals surface area contributed by atoms with Gasteiger partial charge < -0.3 is 9.47 Å². The molecular formula is C12H16N2O4. The molecule has 98 valence electrons. The molecule has 0 saturated carbocycles. The van der Waals surface area contributed by atoms with Crippen LogP contribution in [0.15, 0.2) is 18.2 Å². The first-order chi connectivity index (χ1) is 8.56. The Bertz CT molecular complexity index is 432. The maximum atomic E-state index is 11.4. The van der Waals surface area contributed by atoms with Crippen LogP contribution in [0.1, 0.15) is 10.4 Å². The fourth-order valence-corrected chi connectivity index (χ4v) is 1.30. The van der Waals surface area contributed by atoms with E-state index in [1.165, 1.54) is 12.1 Å². The quantitative estimate of drug-likeness (QED) is 0.589. The third-order valence-corrected chi connectivity index (χ3v) is 2.03. The van der Waals surface area contributed by atoms with Crippen molar-refractivity contribution in [3.05, 3.63) is 23.8 Å². The highest BCUT2D eigenvalue weighted by atomic mass is 16.5. The highest BCUT2D eigenvalue weighted by Crippen LogP contribution is 2.27. The van der Waals surface area contributed by atoms with E-state index in [9.17, 15) is 9.59 Å². The second-order valence-corrected chi connectivity index (χ2v) is 3.75. The van der Waals surface area contributed by atoms with Gasteiger partial charge in [0, 0.05) is 19.7 Å². The van der Waals surface area contributed by atoms with Crippen LogP contribution in [-0.4, -0.2) is 45.0 Å². The zero-order chi connectivity index (χ0) is 13.5. The fourth-order valence-electron chi connectivity index (χ4n) is 1.30. The Labute approximate surface area is 105 Å². The van der Waals surface area contributed by atoms with Crippen LogP contribution in [0.25, 0.3) is 0 Å². The summed E-state index contributed by atoms with van der Waals surface area (Å²) in [5, 5.41) is 1.53. The Morgan fingerprint density at radius 2 is 2.11 bits per heavy atom. The van der Waals surface area contributed by atoms with Crippen LogP contribution < -0.4 is 14.9 Å². The van der Waals surface area contributed by atoms with Crippen molar-refractivity contribution in [2.75, 3.05) is 27.8 Å². The highest BCUT2D eigenvalue weighted by molar-refractivity contribution is 5.78. The topological polar surface area (TPSA) is 67.9 Å². The number of benzene rings is 1. The third kappa shape index (κ3) is 4.06. The van der Waals surface area contributed by atoms with Gasteiger partial charge in [-0.25, -0.2) is 5.01 Å². The third-order valence-electron chi connectivity index (χ3n) is 2.03. The van der Waals surface area contributed by atoms with Gasteiger partial charge in [-0.15, -0.1) is 0 Å². The average Bonchev–Trinajstić information content (AvgIpc) is 2.35. The molecule has 0 spiro atoms. The van der Waals surface area contributed by atoms with E-state index in [4.69, 9.17) is 9.47 Å². The van der Waals surface area contributed by atoms with Crippen LogP contribution in [-0.2, 0) is 4.79 Å². The number of hydrogen-bond acceptors (Lipinski definition) is 5. The molecule has 0 unspecified atom stereocenters. The maximum Gasteiger partial charge on any atom is 0.272 e. The van der Waals surface area contributed by atoms with Crippen molar-refractivity contribution in [2.45, 2.75) is 0 Å². The van der Waals surface area contributed by atoms with Gasteiger partial charge in [0.1, 0.15) is 6.29 Å². The van der Waals surface area contributed by atoms with Gasteiger partial charge in [-0.05, 0) is 18.2 Å². The van der Waals surface area contributed by atoms with Crippen molar-refractivity contribution < 1.29 is 19.1 Å². The van der Waals surface area contributed by atoms with Gasteiger partial charge >= 0.3 is 0 Å². The molecule has 0 heterocycles. The van der Waals surface area contributed by atoms with E-state index in [1.807, 2.05) is 0 Å². The second-order valence-electron chi connectivity index (χ2n) is 3.75. The number of carbonyl (C=O) groups is 2. The Kier molecular flexibility index (Phi) is 5.13. The van der Waals surface area contributed by atoms with Crippen molar-refractivity contribution in [1.29, 1.82) is 0 Å². The average molecular weight is 252 g/mol. The molecule has 1 N–H and O–H groups in total. The lowest BCUT2D eigenvalue weighted by Crippen LogP contribution is -2.39. The molecular weight excluding hydrogens is 236 g/mol. The molecule has 6 nitrogen and oxygen atoms in total. The van der Waals surface area contributed by atoms with E-state index in [1.54, 1.807) is 32.3 Å². The molecule has 0 fully saturated rings. The van der Waals surface area contributed by atoms with Crippen molar-refractivity contribution in [3.63, 3.8) is 0 Å². The monoisotopic (exact) mass is 252 g/mol. The van der Waals surface area contributed by atoms with Crippen molar-refractivity contribution >= 4 is 12.2 Å². The van der Waals surface area contributed by atoms with Gasteiger partial charge in [-0.3, -0.25) is 15.0 Å². The molecule has 1 amide bonds. The summed E-state index contributed by atoms with van der Waals surface area (Å²) in [5.41, 5.74) is 3.03. The van der Waals surface area contributed by atoms with E-state index >= 15 is 0 Å². The lowest BCUT2D eigenvalue weighted by Gasteiger charge is -2.13. The van der Waals surface area contributed by atoms with Crippen molar-refractivity contribution in [3.8, 4) is 11.5 Å². The summed E-state index contributed by atoms with van der Waals surface area (Å²) in [6, 6.07) is 4.73. The normalized spacial score (nSPS) is 10.0. The van der Waals surface area contributed by atoms with Crippen LogP contribution >= 0.6 is 0 Å². The molecule has 0 atom stereocenters. The van der Waals surface area contributed by atoms with Crippen LogP contribution in [0.5, 0.6) is 11.5 Å². The Morgan fingerprint density at radius 3 is 2.67 bits per heavy atom. The minimum Gasteiger partial charge on any atom is -0.493 e. The van der Waals surface area contributed by atoms with Crippen LogP contribution in [0.2, 0.25) is 0 Å². The van der Waals surface area contributed by atoms with E-state index in [0.717, 1.165) is 0 Å². The van der Waals surface area contributed by atoms with Gasteiger partial charge in [0.25, 0.3) is 5.91 Å². The van der Waals surface area contributed by atoms with Crippen molar-refractivity contribution in [2.24, 2.45) is 0 Å². The van der Waals surface area contributed by atoms with Gasteiger partial charge in [0.05, 0.1) is 7.11 Å². The SMILES string of the molecule is COc1cc(C=O)ccc1OCC(=O)NN(C)C. The molecule has 0 aliphatic carbocycles. The second kappa shape index (κ2) is 6.61. The number of carbonyl (C=O) groups excluding carboxylic acids is 2. The van der Waals surface area contributed by atoms with Gasteiger partial charge in [-0.2, -0.15) is 0 Å². The molecule has 0 radical (unpaired) electrons. The predicted molar refractivity (Wildman–Crippen MR) is 65.7 cm³/mol. The predicted octanol–water partition coefficient (Wildman–Crippen LogP) is 0.479. The largest absolute Gasteiger partial charge is 0.493 e. The maximum absolute atomic E-state index is 11.4. The number of hydrogen-bond donors (Lipinski definition) is 1. The molecule has 6 heteroatoms. The van der Waals surface area contributed by atoms with Gasteiger partial charge in [0.15, 0.2) is 18.1 Å². The summed E-state index contributed by atoms with van der Waals surface area (Å²) in [4.78, 5) is 22.0. The number of ether oxygens (including phenoxy) is 2. The summed E-state index contributed by atoms with van der Waals surface area (Å²) in [7, 11) is 4.88. The Hall–Kier alpha value is -2.08. The molecule has 0 aliphatic heterocycles. The van der Waals surface area contributed by atoms with Crippen LogP contribution in [0.3, 0.4) is 0 Å². The summed E-state index contributed by atoms with van der Waals surface area (Å²) >= 11 is 0. The standard InChI is InChI=1S/C12H16N2O4/c1-14(2)13-12(16)8-18-10-5-4-9(7-15)6-11(10)17-3/h4-7H,8H2,1-3H3,(H,13,16). The van der Waals surface area contributed by atoms with Gasteiger partial charge in [-0.1, -0.05) is 0 Å². The fraction of sp³-hybridized carbons (Fsp3) is 0.333. The number of rotatable bonds is 6. The summed E-state index contributed by atoms with van der Waals surface area (Å²) < 4.78 is 10.4. The molecule has 0 aromatic heterocycles. The number of nitrogens with one attached hydrogen (secondary N) is 1. The summed E-state index contributed by atoms with van der Waals surface area (Å²) in [6.45, 7) is -0.130. The van der Waals surface area contributed by atoms with Gasteiger partial charge in [0.2, 0.25) is 0 Å². The van der Waals surface area contributed by atoms with E-state index in [2.05, 4.69) is 5.43 Å². The summed E-state index contributed by atoms with van der Waals surface area (Å²) in [6.07, 6.45) is 0.713.